The second-order valence-electron chi connectivity index (χ2n) is 4.43. The number of methoxy groups -OCH3 is 1. The molecule has 0 atom stereocenters. The molecule has 0 fully saturated rings. The van der Waals surface area contributed by atoms with E-state index in [1.165, 1.54) is 12.1 Å². The van der Waals surface area contributed by atoms with E-state index < -0.39 is 0 Å². The Labute approximate surface area is 112 Å². The lowest BCUT2D eigenvalue weighted by Gasteiger charge is -2.12. The van der Waals surface area contributed by atoms with Crippen LogP contribution in [0, 0.1) is 19.7 Å². The SMILES string of the molecule is COCCNc1nc(C)cn1-c1cc(F)ccc1C. The second kappa shape index (κ2) is 5.84. The molecule has 0 aliphatic rings. The second-order valence-corrected chi connectivity index (χ2v) is 4.43. The zero-order valence-electron chi connectivity index (χ0n) is 11.4. The quantitative estimate of drug-likeness (QED) is 0.843. The number of aromatic nitrogens is 2. The van der Waals surface area contributed by atoms with Crippen LogP contribution in [0.5, 0.6) is 0 Å². The summed E-state index contributed by atoms with van der Waals surface area (Å²) in [6.07, 6.45) is 1.89. The number of aryl methyl sites for hydroxylation is 2. The number of halogens is 1. The molecule has 0 bridgehead atoms. The minimum Gasteiger partial charge on any atom is -0.383 e. The van der Waals surface area contributed by atoms with Crippen LogP contribution in [0.2, 0.25) is 0 Å². The van der Waals surface area contributed by atoms with Gasteiger partial charge in [0.2, 0.25) is 5.95 Å². The lowest BCUT2D eigenvalue weighted by Crippen LogP contribution is -2.12. The van der Waals surface area contributed by atoms with Gasteiger partial charge in [0, 0.05) is 19.9 Å². The van der Waals surface area contributed by atoms with Gasteiger partial charge in [0.05, 0.1) is 18.0 Å². The fourth-order valence-electron chi connectivity index (χ4n) is 1.91. The number of benzene rings is 1. The number of hydrogen-bond donors (Lipinski definition) is 1. The molecule has 0 spiro atoms. The monoisotopic (exact) mass is 263 g/mol. The summed E-state index contributed by atoms with van der Waals surface area (Å²) < 4.78 is 20.3. The van der Waals surface area contributed by atoms with Crippen molar-refractivity contribution in [1.29, 1.82) is 0 Å². The minimum atomic E-state index is -0.255. The number of nitrogens with one attached hydrogen (secondary N) is 1. The van der Waals surface area contributed by atoms with Crippen LogP contribution in [0.4, 0.5) is 10.3 Å². The van der Waals surface area contributed by atoms with E-state index >= 15 is 0 Å². The van der Waals surface area contributed by atoms with Gasteiger partial charge < -0.3 is 10.1 Å². The summed E-state index contributed by atoms with van der Waals surface area (Å²) in [4.78, 5) is 4.40. The standard InChI is InChI=1S/C14H18FN3O/c1-10-4-5-12(15)8-13(10)18-9-11(2)17-14(18)16-6-7-19-3/h4-5,8-9H,6-7H2,1-3H3,(H,16,17). The highest BCUT2D eigenvalue weighted by molar-refractivity contribution is 5.47. The smallest absolute Gasteiger partial charge is 0.207 e. The molecule has 0 radical (unpaired) electrons. The van der Waals surface area contributed by atoms with E-state index in [1.54, 1.807) is 13.2 Å². The Morgan fingerprint density at radius 2 is 2.16 bits per heavy atom. The van der Waals surface area contributed by atoms with Gasteiger partial charge in [-0.25, -0.2) is 9.37 Å². The van der Waals surface area contributed by atoms with Crippen molar-refractivity contribution in [2.24, 2.45) is 0 Å². The Bertz CT molecular complexity index is 566. The molecule has 0 saturated carbocycles. The molecule has 0 aliphatic heterocycles. The van der Waals surface area contributed by atoms with E-state index in [1.807, 2.05) is 24.6 Å². The van der Waals surface area contributed by atoms with Crippen LogP contribution in [0.3, 0.4) is 0 Å². The van der Waals surface area contributed by atoms with Crippen molar-refractivity contribution in [1.82, 2.24) is 9.55 Å². The zero-order chi connectivity index (χ0) is 13.8. The predicted molar refractivity (Wildman–Crippen MR) is 73.4 cm³/mol. The van der Waals surface area contributed by atoms with Gasteiger partial charge >= 0.3 is 0 Å². The van der Waals surface area contributed by atoms with Gasteiger partial charge in [-0.15, -0.1) is 0 Å². The van der Waals surface area contributed by atoms with Gasteiger partial charge in [0.1, 0.15) is 5.82 Å². The molecule has 4 nitrogen and oxygen atoms in total. The van der Waals surface area contributed by atoms with Gasteiger partial charge in [-0.1, -0.05) is 6.07 Å². The first-order chi connectivity index (χ1) is 9.11. The number of rotatable bonds is 5. The molecule has 0 unspecified atom stereocenters. The highest BCUT2D eigenvalue weighted by Gasteiger charge is 2.10. The predicted octanol–water partition coefficient (Wildman–Crippen LogP) is 2.69. The molecule has 0 aliphatic carbocycles. The molecule has 102 valence electrons. The maximum Gasteiger partial charge on any atom is 0.207 e. The largest absolute Gasteiger partial charge is 0.383 e. The van der Waals surface area contributed by atoms with Crippen LogP contribution >= 0.6 is 0 Å². The summed E-state index contributed by atoms with van der Waals surface area (Å²) in [7, 11) is 1.65. The highest BCUT2D eigenvalue weighted by atomic mass is 19.1. The van der Waals surface area contributed by atoms with Crippen molar-refractivity contribution in [3.8, 4) is 5.69 Å². The van der Waals surface area contributed by atoms with Gasteiger partial charge in [-0.05, 0) is 31.5 Å². The molecule has 2 aromatic rings. The molecule has 1 heterocycles. The van der Waals surface area contributed by atoms with Crippen LogP contribution in [0.15, 0.2) is 24.4 Å². The van der Waals surface area contributed by atoms with Gasteiger partial charge in [0.25, 0.3) is 0 Å². The molecule has 1 aromatic heterocycles. The first-order valence-electron chi connectivity index (χ1n) is 6.17. The van der Waals surface area contributed by atoms with Gasteiger partial charge in [-0.3, -0.25) is 4.57 Å². The van der Waals surface area contributed by atoms with Crippen molar-refractivity contribution in [2.75, 3.05) is 25.6 Å². The normalized spacial score (nSPS) is 10.7. The van der Waals surface area contributed by atoms with E-state index in [-0.39, 0.29) is 5.82 Å². The maximum atomic E-state index is 13.4. The number of ether oxygens (including phenoxy) is 1. The number of imidazole rings is 1. The average Bonchev–Trinajstić information content (AvgIpc) is 2.74. The van der Waals surface area contributed by atoms with Crippen LogP contribution in [0.1, 0.15) is 11.3 Å². The third kappa shape index (κ3) is 3.12. The molecule has 0 saturated heterocycles. The van der Waals surface area contributed by atoms with Crippen molar-refractivity contribution in [3.05, 3.63) is 41.5 Å². The van der Waals surface area contributed by atoms with E-state index in [0.29, 0.717) is 19.1 Å². The maximum absolute atomic E-state index is 13.4. The summed E-state index contributed by atoms with van der Waals surface area (Å²) in [5.41, 5.74) is 2.66. The van der Waals surface area contributed by atoms with E-state index in [0.717, 1.165) is 16.9 Å². The van der Waals surface area contributed by atoms with E-state index in [9.17, 15) is 4.39 Å². The Balaban J connectivity index is 2.35. The summed E-state index contributed by atoms with van der Waals surface area (Å²) in [5.74, 6) is 0.443. The minimum absolute atomic E-state index is 0.255. The molecular weight excluding hydrogens is 245 g/mol. The first-order valence-corrected chi connectivity index (χ1v) is 6.17. The Kier molecular flexibility index (Phi) is 4.16. The number of anilines is 1. The third-order valence-electron chi connectivity index (χ3n) is 2.85. The molecule has 1 aromatic carbocycles. The van der Waals surface area contributed by atoms with E-state index in [2.05, 4.69) is 10.3 Å². The van der Waals surface area contributed by atoms with Crippen LogP contribution in [-0.4, -0.2) is 29.8 Å². The third-order valence-corrected chi connectivity index (χ3v) is 2.85. The van der Waals surface area contributed by atoms with Crippen LogP contribution in [0.25, 0.3) is 5.69 Å². The summed E-state index contributed by atoms with van der Waals surface area (Å²) in [6, 6.07) is 4.73. The van der Waals surface area contributed by atoms with Gasteiger partial charge in [0.15, 0.2) is 0 Å². The Morgan fingerprint density at radius 3 is 2.89 bits per heavy atom. The number of nitrogens with zero attached hydrogens (tertiary/aromatic N) is 2. The van der Waals surface area contributed by atoms with Crippen LogP contribution < -0.4 is 5.32 Å². The van der Waals surface area contributed by atoms with E-state index in [4.69, 9.17) is 4.74 Å². The number of hydrogen-bond acceptors (Lipinski definition) is 3. The van der Waals surface area contributed by atoms with Crippen molar-refractivity contribution in [3.63, 3.8) is 0 Å². The molecule has 1 N–H and O–H groups in total. The summed E-state index contributed by atoms with van der Waals surface area (Å²) >= 11 is 0. The van der Waals surface area contributed by atoms with Crippen LogP contribution in [-0.2, 0) is 4.74 Å². The lowest BCUT2D eigenvalue weighted by atomic mass is 10.2. The van der Waals surface area contributed by atoms with Crippen molar-refractivity contribution < 1.29 is 9.13 Å². The fourth-order valence-corrected chi connectivity index (χ4v) is 1.91. The molecule has 5 heteroatoms. The Hall–Kier alpha value is -1.88. The zero-order valence-corrected chi connectivity index (χ0v) is 11.4. The van der Waals surface area contributed by atoms with Crippen molar-refractivity contribution >= 4 is 5.95 Å². The van der Waals surface area contributed by atoms with Crippen molar-refractivity contribution in [2.45, 2.75) is 13.8 Å². The first kappa shape index (κ1) is 13.5. The lowest BCUT2D eigenvalue weighted by molar-refractivity contribution is 0.210. The fraction of sp³-hybridized carbons (Fsp3) is 0.357. The molecular formula is C14H18FN3O. The molecule has 0 amide bonds. The molecule has 19 heavy (non-hydrogen) atoms. The average molecular weight is 263 g/mol. The molecule has 2 rings (SSSR count). The highest BCUT2D eigenvalue weighted by Crippen LogP contribution is 2.20. The topological polar surface area (TPSA) is 39.1 Å². The summed E-state index contributed by atoms with van der Waals surface area (Å²) in [6.45, 7) is 5.10. The van der Waals surface area contributed by atoms with Gasteiger partial charge in [-0.2, -0.15) is 0 Å². The summed E-state index contributed by atoms with van der Waals surface area (Å²) in [5, 5.41) is 3.18. The Morgan fingerprint density at radius 1 is 1.37 bits per heavy atom.